The summed E-state index contributed by atoms with van der Waals surface area (Å²) in [7, 11) is 1.75. The zero-order chi connectivity index (χ0) is 27.5. The van der Waals surface area contributed by atoms with Gasteiger partial charge in [0.15, 0.2) is 0 Å². The van der Waals surface area contributed by atoms with E-state index in [-0.39, 0.29) is 17.7 Å². The summed E-state index contributed by atoms with van der Waals surface area (Å²) in [6.45, 7) is 3.60. The van der Waals surface area contributed by atoms with Crippen molar-refractivity contribution in [2.45, 2.75) is 20.0 Å². The van der Waals surface area contributed by atoms with E-state index in [1.54, 1.807) is 74.2 Å². The van der Waals surface area contributed by atoms with E-state index >= 15 is 0 Å². The third-order valence-corrected chi connectivity index (χ3v) is 6.29. The van der Waals surface area contributed by atoms with E-state index in [2.05, 4.69) is 10.3 Å². The number of carbonyl (C=O) groups is 1. The maximum Gasteiger partial charge on any atom is 0.284 e. The molecule has 0 saturated carbocycles. The molecule has 0 bridgehead atoms. The largest absolute Gasteiger partial charge is 0.491 e. The number of fused-ring (bicyclic) bond motifs is 1. The van der Waals surface area contributed by atoms with Crippen LogP contribution in [0.5, 0.6) is 17.2 Å². The van der Waals surface area contributed by atoms with E-state index in [4.69, 9.17) is 9.47 Å². The highest BCUT2D eigenvalue weighted by atomic mass is 16.5. The summed E-state index contributed by atoms with van der Waals surface area (Å²) in [5.41, 5.74) is 2.16. The van der Waals surface area contributed by atoms with Crippen LogP contribution in [-0.2, 0) is 7.05 Å². The van der Waals surface area contributed by atoms with E-state index in [1.807, 2.05) is 36.4 Å². The van der Waals surface area contributed by atoms with Crippen molar-refractivity contribution in [2.75, 3.05) is 11.9 Å². The quantitative estimate of drug-likeness (QED) is 0.301. The van der Waals surface area contributed by atoms with Crippen molar-refractivity contribution in [3.05, 3.63) is 107 Å². The van der Waals surface area contributed by atoms with Gasteiger partial charge in [0, 0.05) is 30.4 Å². The van der Waals surface area contributed by atoms with Gasteiger partial charge in [0.2, 0.25) is 0 Å². The van der Waals surface area contributed by atoms with Gasteiger partial charge in [-0.25, -0.2) is 4.68 Å². The highest BCUT2D eigenvalue weighted by molar-refractivity contribution is 6.05. The maximum atomic E-state index is 13.1. The van der Waals surface area contributed by atoms with Gasteiger partial charge >= 0.3 is 0 Å². The molecule has 39 heavy (non-hydrogen) atoms. The first-order valence-corrected chi connectivity index (χ1v) is 12.4. The van der Waals surface area contributed by atoms with Crippen molar-refractivity contribution < 1.29 is 19.4 Å². The van der Waals surface area contributed by atoms with E-state index in [0.29, 0.717) is 39.8 Å². The average Bonchev–Trinajstić information content (AvgIpc) is 3.16. The van der Waals surface area contributed by atoms with Gasteiger partial charge in [0.25, 0.3) is 11.5 Å². The van der Waals surface area contributed by atoms with Crippen molar-refractivity contribution in [1.82, 2.24) is 14.3 Å². The lowest BCUT2D eigenvalue weighted by atomic mass is 10.2. The fraction of sp³-hybridized carbons (Fsp3) is 0.167. The second-order valence-corrected chi connectivity index (χ2v) is 9.17. The Hall–Kier alpha value is -4.89. The molecule has 0 aliphatic rings. The number of aliphatic hydroxyl groups is 1. The number of hydrogen-bond donors (Lipinski definition) is 2. The molecule has 1 amide bonds. The Balaban J connectivity index is 1.32. The van der Waals surface area contributed by atoms with Crippen LogP contribution in [0.25, 0.3) is 16.6 Å². The first-order valence-electron chi connectivity index (χ1n) is 12.4. The van der Waals surface area contributed by atoms with E-state index < -0.39 is 12.0 Å². The zero-order valence-electron chi connectivity index (χ0n) is 21.8. The molecular weight excluding hydrogens is 496 g/mol. The van der Waals surface area contributed by atoms with E-state index in [9.17, 15) is 14.7 Å². The monoisotopic (exact) mass is 524 g/mol. The number of pyridine rings is 1. The van der Waals surface area contributed by atoms with Gasteiger partial charge in [-0.1, -0.05) is 18.2 Å². The number of benzene rings is 3. The topological polar surface area (TPSA) is 108 Å². The number of anilines is 1. The van der Waals surface area contributed by atoms with Crippen LogP contribution in [0.2, 0.25) is 0 Å². The Morgan fingerprint density at radius 1 is 1.03 bits per heavy atom. The molecule has 198 valence electrons. The molecule has 0 aliphatic carbocycles. The molecule has 0 aliphatic heterocycles. The van der Waals surface area contributed by atoms with Crippen molar-refractivity contribution in [1.29, 1.82) is 0 Å². The molecule has 1 atom stereocenters. The number of aliphatic hydroxyl groups excluding tert-OH is 1. The Kier molecular flexibility index (Phi) is 7.16. The molecule has 9 heteroatoms. The number of hydrogen-bond acceptors (Lipinski definition) is 6. The Morgan fingerprint density at radius 2 is 1.74 bits per heavy atom. The number of amides is 1. The molecule has 0 radical (unpaired) electrons. The SMILES string of the molecule is Cc1c(C(=O)Nc2ccc(Oc3ccnc4cc(OC[C@@H](C)O)ccc34)cc2)c(=O)n(-c2ccccc2)n1C. The Bertz CT molecular complexity index is 1690. The zero-order valence-corrected chi connectivity index (χ0v) is 21.8. The van der Waals surface area contributed by atoms with Crippen molar-refractivity contribution >= 4 is 22.5 Å². The highest BCUT2D eigenvalue weighted by Gasteiger charge is 2.22. The van der Waals surface area contributed by atoms with E-state index in [0.717, 1.165) is 5.39 Å². The first-order chi connectivity index (χ1) is 18.8. The molecular formula is C30H28N4O5. The summed E-state index contributed by atoms with van der Waals surface area (Å²) >= 11 is 0. The van der Waals surface area contributed by atoms with Crippen LogP contribution in [0.15, 0.2) is 89.9 Å². The molecule has 0 fully saturated rings. The molecule has 2 N–H and O–H groups in total. The van der Waals surface area contributed by atoms with Gasteiger partial charge < -0.3 is 19.9 Å². The molecule has 0 unspecified atom stereocenters. The van der Waals surface area contributed by atoms with Crippen LogP contribution in [0.4, 0.5) is 5.69 Å². The minimum atomic E-state index is -0.569. The predicted molar refractivity (Wildman–Crippen MR) is 149 cm³/mol. The Labute approximate surface area is 224 Å². The molecule has 2 aromatic heterocycles. The van der Waals surface area contributed by atoms with Crippen molar-refractivity contribution in [3.63, 3.8) is 0 Å². The van der Waals surface area contributed by atoms with Crippen LogP contribution in [0, 0.1) is 6.92 Å². The van der Waals surface area contributed by atoms with Crippen molar-refractivity contribution in [3.8, 4) is 22.9 Å². The van der Waals surface area contributed by atoms with Gasteiger partial charge in [-0.05, 0) is 68.4 Å². The summed E-state index contributed by atoms with van der Waals surface area (Å²) in [6, 6.07) is 23.3. The number of para-hydroxylation sites is 1. The van der Waals surface area contributed by atoms with Crippen LogP contribution in [0.1, 0.15) is 23.0 Å². The van der Waals surface area contributed by atoms with Crippen LogP contribution in [0.3, 0.4) is 0 Å². The number of rotatable bonds is 8. The number of ether oxygens (including phenoxy) is 2. The van der Waals surface area contributed by atoms with Gasteiger partial charge in [-0.2, -0.15) is 0 Å². The normalized spacial score (nSPS) is 11.8. The smallest absolute Gasteiger partial charge is 0.284 e. The third kappa shape index (κ3) is 5.39. The lowest BCUT2D eigenvalue weighted by Crippen LogP contribution is -2.25. The van der Waals surface area contributed by atoms with Crippen LogP contribution < -0.4 is 20.3 Å². The standard InChI is InChI=1S/C30H28N4O5/c1-19(35)18-38-24-13-14-25-26(17-24)31-16-15-27(25)39-23-11-9-21(10-12-23)32-29(36)28-20(2)33(3)34(30(28)37)22-7-5-4-6-8-22/h4-17,19,35H,18H2,1-3H3,(H,32,36)/t19-/m1/s1. The van der Waals surface area contributed by atoms with E-state index in [1.165, 1.54) is 4.68 Å². The molecule has 0 spiro atoms. The van der Waals surface area contributed by atoms with Crippen LogP contribution >= 0.6 is 0 Å². The lowest BCUT2D eigenvalue weighted by Gasteiger charge is -2.12. The second kappa shape index (κ2) is 10.8. The predicted octanol–water partition coefficient (Wildman–Crippen LogP) is 4.84. The maximum absolute atomic E-state index is 13.1. The summed E-state index contributed by atoms with van der Waals surface area (Å²) in [5, 5.41) is 13.1. The molecule has 3 aromatic carbocycles. The fourth-order valence-corrected chi connectivity index (χ4v) is 4.25. The number of aromatic nitrogens is 3. The molecule has 2 heterocycles. The summed E-state index contributed by atoms with van der Waals surface area (Å²) in [6.07, 6.45) is 1.08. The van der Waals surface area contributed by atoms with Crippen molar-refractivity contribution in [2.24, 2.45) is 7.05 Å². The third-order valence-electron chi connectivity index (χ3n) is 6.29. The molecule has 9 nitrogen and oxygen atoms in total. The molecule has 0 saturated heterocycles. The average molecular weight is 525 g/mol. The Morgan fingerprint density at radius 3 is 2.46 bits per heavy atom. The fourth-order valence-electron chi connectivity index (χ4n) is 4.25. The van der Waals surface area contributed by atoms with Gasteiger partial charge in [-0.3, -0.25) is 19.3 Å². The van der Waals surface area contributed by atoms with Crippen LogP contribution in [-0.4, -0.2) is 38.1 Å². The van der Waals surface area contributed by atoms with Gasteiger partial charge in [-0.15, -0.1) is 0 Å². The van der Waals surface area contributed by atoms with Gasteiger partial charge in [0.05, 0.1) is 23.0 Å². The number of carbonyl (C=O) groups excluding carboxylic acids is 1. The molecule has 5 rings (SSSR count). The number of nitrogens with one attached hydrogen (secondary N) is 1. The summed E-state index contributed by atoms with van der Waals surface area (Å²) in [4.78, 5) is 30.6. The summed E-state index contributed by atoms with van der Waals surface area (Å²) < 4.78 is 14.8. The van der Waals surface area contributed by atoms with Gasteiger partial charge in [0.1, 0.15) is 29.4 Å². The highest BCUT2D eigenvalue weighted by Crippen LogP contribution is 2.31. The lowest BCUT2D eigenvalue weighted by molar-refractivity contribution is 0.102. The minimum absolute atomic E-state index is 0.0849. The molecule has 5 aromatic rings. The number of nitrogens with zero attached hydrogens (tertiary/aromatic N) is 3. The summed E-state index contributed by atoms with van der Waals surface area (Å²) in [5.74, 6) is 1.31. The minimum Gasteiger partial charge on any atom is -0.491 e. The second-order valence-electron chi connectivity index (χ2n) is 9.17. The first kappa shape index (κ1) is 25.7.